The van der Waals surface area contributed by atoms with Crippen LogP contribution in [-0.4, -0.2) is 58.6 Å². The van der Waals surface area contributed by atoms with Gasteiger partial charge in [-0.05, 0) is 38.1 Å². The summed E-state index contributed by atoms with van der Waals surface area (Å²) in [5, 5.41) is 3.05. The van der Waals surface area contributed by atoms with Crippen molar-refractivity contribution in [2.24, 2.45) is 0 Å². The summed E-state index contributed by atoms with van der Waals surface area (Å²) in [4.78, 5) is 3.75. The van der Waals surface area contributed by atoms with E-state index < -0.39 is 19.9 Å². The Morgan fingerprint density at radius 3 is 2.29 bits per heavy atom. The number of piperidine rings is 1. The van der Waals surface area contributed by atoms with Crippen LogP contribution in [0.5, 0.6) is 0 Å². The Labute approximate surface area is 125 Å². The molecule has 1 saturated heterocycles. The molecule has 0 unspecified atom stereocenters. The van der Waals surface area contributed by atoms with Gasteiger partial charge in [-0.2, -0.15) is 4.31 Å². The Balaban J connectivity index is 2.26. The van der Waals surface area contributed by atoms with Crippen LogP contribution in [0.2, 0.25) is 0 Å². The Bertz CT molecular complexity index is 693. The minimum absolute atomic E-state index is 0.0101. The van der Waals surface area contributed by atoms with Gasteiger partial charge in [-0.1, -0.05) is 0 Å². The van der Waals surface area contributed by atoms with E-state index in [1.165, 1.54) is 16.4 Å². The average Bonchev–Trinajstić information content (AvgIpc) is 2.46. The molecule has 0 atom stereocenters. The van der Waals surface area contributed by atoms with E-state index in [-0.39, 0.29) is 16.0 Å². The quantitative estimate of drug-likeness (QED) is 0.824. The standard InChI is InChI=1S/C12H19N3O4S2/c1-15(10-5-7-13-8-6-10)21(18,19)11-3-4-12(14-9-11)20(2,16)17/h3-4,9-10,13H,5-8H2,1-2H3. The first-order valence-corrected chi connectivity index (χ1v) is 9.91. The van der Waals surface area contributed by atoms with E-state index in [0.717, 1.165) is 38.4 Å². The molecule has 1 aliphatic heterocycles. The number of aromatic nitrogens is 1. The molecule has 0 aliphatic carbocycles. The lowest BCUT2D eigenvalue weighted by atomic mass is 10.1. The molecule has 0 aromatic carbocycles. The maximum atomic E-state index is 12.5. The van der Waals surface area contributed by atoms with Crippen LogP contribution in [0.4, 0.5) is 0 Å². The summed E-state index contributed by atoms with van der Waals surface area (Å²) in [6, 6.07) is 2.46. The predicted molar refractivity (Wildman–Crippen MR) is 78.2 cm³/mol. The average molecular weight is 333 g/mol. The van der Waals surface area contributed by atoms with Gasteiger partial charge in [0.2, 0.25) is 10.0 Å². The van der Waals surface area contributed by atoms with Crippen LogP contribution in [0.25, 0.3) is 0 Å². The second-order valence-corrected chi connectivity index (χ2v) is 9.07. The molecule has 21 heavy (non-hydrogen) atoms. The van der Waals surface area contributed by atoms with Crippen molar-refractivity contribution in [2.75, 3.05) is 26.4 Å². The molecule has 9 heteroatoms. The third-order valence-corrected chi connectivity index (χ3v) is 6.48. The van der Waals surface area contributed by atoms with E-state index in [1.807, 2.05) is 0 Å². The molecule has 1 fully saturated rings. The zero-order valence-corrected chi connectivity index (χ0v) is 13.6. The van der Waals surface area contributed by atoms with Crippen molar-refractivity contribution in [3.63, 3.8) is 0 Å². The maximum Gasteiger partial charge on any atom is 0.244 e. The summed E-state index contributed by atoms with van der Waals surface area (Å²) in [6.07, 6.45) is 3.64. The fourth-order valence-electron chi connectivity index (χ4n) is 2.27. The van der Waals surface area contributed by atoms with Crippen LogP contribution >= 0.6 is 0 Å². The van der Waals surface area contributed by atoms with Crippen molar-refractivity contribution >= 4 is 19.9 Å². The van der Waals surface area contributed by atoms with Gasteiger partial charge in [-0.25, -0.2) is 21.8 Å². The Morgan fingerprint density at radius 2 is 1.81 bits per heavy atom. The van der Waals surface area contributed by atoms with E-state index in [1.54, 1.807) is 7.05 Å². The number of sulfone groups is 1. The lowest BCUT2D eigenvalue weighted by Gasteiger charge is -2.30. The normalized spacial score (nSPS) is 18.0. The summed E-state index contributed by atoms with van der Waals surface area (Å²) in [5.41, 5.74) is 0. The highest BCUT2D eigenvalue weighted by Crippen LogP contribution is 2.20. The van der Waals surface area contributed by atoms with Crippen LogP contribution < -0.4 is 5.32 Å². The van der Waals surface area contributed by atoms with Crippen molar-refractivity contribution in [3.8, 4) is 0 Å². The lowest BCUT2D eigenvalue weighted by molar-refractivity contribution is 0.296. The first-order chi connectivity index (χ1) is 9.73. The fourth-order valence-corrected chi connectivity index (χ4v) is 4.19. The van der Waals surface area contributed by atoms with E-state index in [2.05, 4.69) is 10.3 Å². The Kier molecular flexibility index (Phi) is 4.66. The number of hydrogen-bond donors (Lipinski definition) is 1. The van der Waals surface area contributed by atoms with Gasteiger partial charge in [0.1, 0.15) is 4.90 Å². The summed E-state index contributed by atoms with van der Waals surface area (Å²) >= 11 is 0. The van der Waals surface area contributed by atoms with Gasteiger partial charge in [-0.15, -0.1) is 0 Å². The highest BCUT2D eigenvalue weighted by atomic mass is 32.2. The highest BCUT2D eigenvalue weighted by Gasteiger charge is 2.29. The Hall–Kier alpha value is -1.03. The molecule has 1 N–H and O–H groups in total. The molecule has 1 aromatic heterocycles. The van der Waals surface area contributed by atoms with E-state index >= 15 is 0 Å². The second-order valence-electron chi connectivity index (χ2n) is 5.11. The van der Waals surface area contributed by atoms with Gasteiger partial charge in [0.05, 0.1) is 0 Å². The molecule has 0 bridgehead atoms. The predicted octanol–water partition coefficient (Wildman–Crippen LogP) is -0.142. The number of pyridine rings is 1. The van der Waals surface area contributed by atoms with Crippen molar-refractivity contribution in [2.45, 2.75) is 28.8 Å². The van der Waals surface area contributed by atoms with Crippen LogP contribution in [0.1, 0.15) is 12.8 Å². The third kappa shape index (κ3) is 3.60. The number of nitrogens with one attached hydrogen (secondary N) is 1. The van der Waals surface area contributed by atoms with E-state index in [4.69, 9.17) is 0 Å². The van der Waals surface area contributed by atoms with Gasteiger partial charge in [-0.3, -0.25) is 0 Å². The van der Waals surface area contributed by atoms with Crippen LogP contribution in [0, 0.1) is 0 Å². The minimum atomic E-state index is -3.65. The zero-order chi connectivity index (χ0) is 15.7. The van der Waals surface area contributed by atoms with Crippen molar-refractivity contribution in [1.29, 1.82) is 0 Å². The van der Waals surface area contributed by atoms with Gasteiger partial charge >= 0.3 is 0 Å². The topological polar surface area (TPSA) is 96.4 Å². The van der Waals surface area contributed by atoms with Crippen molar-refractivity contribution in [1.82, 2.24) is 14.6 Å². The van der Waals surface area contributed by atoms with Crippen molar-refractivity contribution < 1.29 is 16.8 Å². The number of nitrogens with zero attached hydrogens (tertiary/aromatic N) is 2. The number of rotatable bonds is 4. The highest BCUT2D eigenvalue weighted by molar-refractivity contribution is 7.90. The van der Waals surface area contributed by atoms with Gasteiger partial charge in [0.25, 0.3) is 0 Å². The molecular formula is C12H19N3O4S2. The summed E-state index contributed by atoms with van der Waals surface area (Å²) in [5.74, 6) is 0. The largest absolute Gasteiger partial charge is 0.317 e. The SMILES string of the molecule is CN(C1CCNCC1)S(=O)(=O)c1ccc(S(C)(=O)=O)nc1. The number of hydrogen-bond acceptors (Lipinski definition) is 6. The summed E-state index contributed by atoms with van der Waals surface area (Å²) in [7, 11) is -5.53. The molecule has 7 nitrogen and oxygen atoms in total. The van der Waals surface area contributed by atoms with E-state index in [0.29, 0.717) is 0 Å². The van der Waals surface area contributed by atoms with Crippen LogP contribution in [0.3, 0.4) is 0 Å². The van der Waals surface area contributed by atoms with Gasteiger partial charge < -0.3 is 5.32 Å². The second kappa shape index (κ2) is 5.99. The maximum absolute atomic E-state index is 12.5. The lowest BCUT2D eigenvalue weighted by Crippen LogP contribution is -2.43. The Morgan fingerprint density at radius 1 is 1.19 bits per heavy atom. The molecular weight excluding hydrogens is 314 g/mol. The molecule has 2 rings (SSSR count). The monoisotopic (exact) mass is 333 g/mol. The van der Waals surface area contributed by atoms with Gasteiger partial charge in [0.15, 0.2) is 14.9 Å². The molecule has 0 saturated carbocycles. The summed E-state index contributed by atoms with van der Waals surface area (Å²) < 4.78 is 49.1. The fraction of sp³-hybridized carbons (Fsp3) is 0.583. The first kappa shape index (κ1) is 16.3. The molecule has 118 valence electrons. The van der Waals surface area contributed by atoms with Crippen LogP contribution in [0.15, 0.2) is 28.3 Å². The molecule has 1 aliphatic rings. The molecule has 2 heterocycles. The van der Waals surface area contributed by atoms with Gasteiger partial charge in [0, 0.05) is 25.5 Å². The molecule has 0 amide bonds. The smallest absolute Gasteiger partial charge is 0.244 e. The molecule has 0 spiro atoms. The summed E-state index contributed by atoms with van der Waals surface area (Å²) in [6.45, 7) is 1.57. The van der Waals surface area contributed by atoms with E-state index in [9.17, 15) is 16.8 Å². The third-order valence-electron chi connectivity index (χ3n) is 3.59. The molecule has 1 aromatic rings. The van der Waals surface area contributed by atoms with Crippen LogP contribution in [-0.2, 0) is 19.9 Å². The molecule has 0 radical (unpaired) electrons. The number of sulfonamides is 1. The zero-order valence-electron chi connectivity index (χ0n) is 12.0. The minimum Gasteiger partial charge on any atom is -0.317 e. The first-order valence-electron chi connectivity index (χ1n) is 6.58. The van der Waals surface area contributed by atoms with Crippen molar-refractivity contribution in [3.05, 3.63) is 18.3 Å².